The monoisotopic (exact) mass is 286 g/mol. The van der Waals surface area contributed by atoms with Gasteiger partial charge in [0.25, 0.3) is 0 Å². The number of hydrogen-bond acceptors (Lipinski definition) is 3. The van der Waals surface area contributed by atoms with Crippen LogP contribution in [0.2, 0.25) is 0 Å². The molecule has 0 saturated carbocycles. The van der Waals surface area contributed by atoms with Crippen LogP contribution in [0.15, 0.2) is 30.4 Å². The number of ether oxygens (including phenoxy) is 1. The van der Waals surface area contributed by atoms with E-state index in [1.54, 1.807) is 18.2 Å². The van der Waals surface area contributed by atoms with Crippen molar-refractivity contribution in [1.29, 1.82) is 0 Å². The van der Waals surface area contributed by atoms with Gasteiger partial charge in [-0.3, -0.25) is 0 Å². The number of rotatable bonds is 2. The summed E-state index contributed by atoms with van der Waals surface area (Å²) in [7, 11) is 2.15. The van der Waals surface area contributed by atoms with Crippen LogP contribution < -0.4 is 0 Å². The van der Waals surface area contributed by atoms with E-state index in [-0.39, 0.29) is 23.9 Å². The van der Waals surface area contributed by atoms with Crippen molar-refractivity contribution in [3.05, 3.63) is 36.0 Å². The molecule has 4 heteroatoms. The van der Waals surface area contributed by atoms with Gasteiger partial charge in [0.05, 0.1) is 8.30 Å². The van der Waals surface area contributed by atoms with Crippen molar-refractivity contribution in [3.8, 4) is 0 Å². The zero-order valence-electron chi connectivity index (χ0n) is 14.1. The minimum atomic E-state index is -0.444. The Morgan fingerprint density at radius 2 is 2.14 bits per heavy atom. The molecule has 0 amide bonds. The quantitative estimate of drug-likeness (QED) is 0.863. The summed E-state index contributed by atoms with van der Waals surface area (Å²) in [5.74, 6) is -0.444. The number of benzene rings is 1. The third-order valence-corrected chi connectivity index (χ3v) is 4.97. The van der Waals surface area contributed by atoms with Crippen molar-refractivity contribution in [2.45, 2.75) is 43.9 Å². The molecule has 2 fully saturated rings. The van der Waals surface area contributed by atoms with Crippen LogP contribution in [0, 0.1) is 0 Å². The van der Waals surface area contributed by atoms with Gasteiger partial charge in [0.1, 0.15) is 6.10 Å². The number of hydrogen-bond donors (Lipinski definition) is 1. The SMILES string of the molecule is [2H]c1[nH]c2c([2H])cccc2c1C(=O)OC1CC2CCC(C1)N2C. The van der Waals surface area contributed by atoms with Crippen LogP contribution in [0.25, 0.3) is 10.9 Å². The molecule has 1 aromatic heterocycles. The van der Waals surface area contributed by atoms with E-state index in [2.05, 4.69) is 16.9 Å². The predicted molar refractivity (Wildman–Crippen MR) is 81.3 cm³/mol. The summed E-state index contributed by atoms with van der Waals surface area (Å²) in [6, 6.07) is 6.42. The number of carbonyl (C=O) groups excluding carboxylic acids is 1. The molecule has 21 heavy (non-hydrogen) atoms. The van der Waals surface area contributed by atoms with Crippen LogP contribution in [-0.2, 0) is 4.74 Å². The molecule has 2 aliphatic rings. The number of para-hydroxylation sites is 1. The second-order valence-corrected chi connectivity index (χ2v) is 6.13. The number of nitrogens with zero attached hydrogens (tertiary/aromatic N) is 1. The molecule has 4 rings (SSSR count). The van der Waals surface area contributed by atoms with Gasteiger partial charge in [0.2, 0.25) is 0 Å². The molecule has 2 bridgehead atoms. The Bertz CT molecular complexity index is 759. The summed E-state index contributed by atoms with van der Waals surface area (Å²) in [6.07, 6.45) is 4.05. The minimum absolute atomic E-state index is 0.0283. The van der Waals surface area contributed by atoms with Gasteiger partial charge in [-0.05, 0) is 25.9 Å². The standard InChI is InChI=1S/C17H20N2O2/c1-19-11-6-7-12(19)9-13(8-11)21-17(20)15-10-18-16-5-3-2-4-14(15)16/h2-5,10-13,18H,6-9H2,1H3/i5D,10D. The fraction of sp³-hybridized carbons (Fsp3) is 0.471. The van der Waals surface area contributed by atoms with E-state index >= 15 is 0 Å². The lowest BCUT2D eigenvalue weighted by Crippen LogP contribution is -2.43. The lowest BCUT2D eigenvalue weighted by molar-refractivity contribution is -0.000258. The maximum atomic E-state index is 12.6. The highest BCUT2D eigenvalue weighted by Gasteiger charge is 2.40. The molecule has 0 radical (unpaired) electrons. The van der Waals surface area contributed by atoms with Crippen molar-refractivity contribution < 1.29 is 12.3 Å². The zero-order chi connectivity index (χ0) is 16.1. The molecule has 2 saturated heterocycles. The Morgan fingerprint density at radius 3 is 2.90 bits per heavy atom. The van der Waals surface area contributed by atoms with Crippen LogP contribution in [0.1, 0.15) is 38.8 Å². The van der Waals surface area contributed by atoms with E-state index in [1.165, 1.54) is 12.8 Å². The number of carbonyl (C=O) groups is 1. The van der Waals surface area contributed by atoms with Gasteiger partial charge < -0.3 is 14.6 Å². The summed E-state index contributed by atoms with van der Waals surface area (Å²) < 4.78 is 21.6. The highest BCUT2D eigenvalue weighted by molar-refractivity contribution is 6.04. The lowest BCUT2D eigenvalue weighted by Gasteiger charge is -2.35. The first-order valence-electron chi connectivity index (χ1n) is 8.55. The van der Waals surface area contributed by atoms with Crippen molar-refractivity contribution in [1.82, 2.24) is 9.88 Å². The average molecular weight is 286 g/mol. The second-order valence-electron chi connectivity index (χ2n) is 6.13. The summed E-state index contributed by atoms with van der Waals surface area (Å²) in [5, 5.41) is 0.600. The van der Waals surface area contributed by atoms with E-state index in [1.807, 2.05) is 0 Å². The molecule has 1 N–H and O–H groups in total. The molecule has 3 heterocycles. The summed E-state index contributed by atoms with van der Waals surface area (Å²) in [5.41, 5.74) is 0.772. The molecule has 4 nitrogen and oxygen atoms in total. The Labute approximate surface area is 126 Å². The lowest BCUT2D eigenvalue weighted by atomic mass is 10.0. The number of esters is 1. The molecule has 1 aromatic carbocycles. The van der Waals surface area contributed by atoms with Crippen molar-refractivity contribution >= 4 is 16.9 Å². The van der Waals surface area contributed by atoms with E-state index in [4.69, 9.17) is 7.48 Å². The van der Waals surface area contributed by atoms with Crippen LogP contribution in [0.4, 0.5) is 0 Å². The average Bonchev–Trinajstić information content (AvgIpc) is 2.92. The summed E-state index contributed by atoms with van der Waals surface area (Å²) in [6.45, 7) is 0. The van der Waals surface area contributed by atoms with E-state index in [0.717, 1.165) is 12.8 Å². The van der Waals surface area contributed by atoms with Crippen molar-refractivity contribution in [2.24, 2.45) is 0 Å². The number of fused-ring (bicyclic) bond motifs is 3. The molecular formula is C17H20N2O2. The van der Waals surface area contributed by atoms with Crippen LogP contribution in [-0.4, -0.2) is 41.1 Å². The summed E-state index contributed by atoms with van der Waals surface area (Å²) in [4.78, 5) is 17.8. The normalized spacial score (nSPS) is 30.2. The first-order valence-corrected chi connectivity index (χ1v) is 7.55. The highest BCUT2D eigenvalue weighted by Crippen LogP contribution is 2.35. The van der Waals surface area contributed by atoms with Crippen LogP contribution >= 0.6 is 0 Å². The highest BCUT2D eigenvalue weighted by atomic mass is 16.5. The maximum Gasteiger partial charge on any atom is 0.340 e. The number of H-pyrrole nitrogens is 1. The van der Waals surface area contributed by atoms with Crippen molar-refractivity contribution in [2.75, 3.05) is 7.05 Å². The van der Waals surface area contributed by atoms with Gasteiger partial charge in [0, 0.05) is 42.0 Å². The molecule has 2 aromatic rings. The third kappa shape index (κ3) is 2.14. The molecule has 110 valence electrons. The Balaban J connectivity index is 1.58. The minimum Gasteiger partial charge on any atom is -0.459 e. The van der Waals surface area contributed by atoms with Gasteiger partial charge in [-0.25, -0.2) is 4.79 Å². The largest absolute Gasteiger partial charge is 0.459 e. The molecular weight excluding hydrogens is 264 g/mol. The van der Waals surface area contributed by atoms with Gasteiger partial charge in [-0.15, -0.1) is 0 Å². The number of aromatic amines is 1. The number of piperidine rings is 1. The Morgan fingerprint density at radius 1 is 1.38 bits per heavy atom. The molecule has 2 unspecified atom stereocenters. The Hall–Kier alpha value is -1.81. The fourth-order valence-corrected chi connectivity index (χ4v) is 3.77. The van der Waals surface area contributed by atoms with Crippen LogP contribution in [0.3, 0.4) is 0 Å². The van der Waals surface area contributed by atoms with Gasteiger partial charge in [-0.1, -0.05) is 18.2 Å². The number of nitrogens with one attached hydrogen (secondary N) is 1. The predicted octanol–water partition coefficient (Wildman–Crippen LogP) is 2.95. The van der Waals surface area contributed by atoms with Gasteiger partial charge >= 0.3 is 5.97 Å². The van der Waals surface area contributed by atoms with E-state index < -0.39 is 5.97 Å². The molecule has 0 spiro atoms. The smallest absolute Gasteiger partial charge is 0.340 e. The Kier molecular flexibility index (Phi) is 2.52. The van der Waals surface area contributed by atoms with E-state index in [9.17, 15) is 4.79 Å². The third-order valence-electron chi connectivity index (χ3n) is 4.97. The van der Waals surface area contributed by atoms with Gasteiger partial charge in [0.15, 0.2) is 0 Å². The molecule has 2 atom stereocenters. The number of aromatic nitrogens is 1. The summed E-state index contributed by atoms with van der Waals surface area (Å²) >= 11 is 0. The van der Waals surface area contributed by atoms with Crippen molar-refractivity contribution in [3.63, 3.8) is 0 Å². The van der Waals surface area contributed by atoms with E-state index in [0.29, 0.717) is 23.0 Å². The fourth-order valence-electron chi connectivity index (χ4n) is 3.77. The molecule has 0 aliphatic carbocycles. The van der Waals surface area contributed by atoms with Crippen LogP contribution in [0.5, 0.6) is 0 Å². The second kappa shape index (κ2) is 4.88. The zero-order valence-corrected chi connectivity index (χ0v) is 12.1. The van der Waals surface area contributed by atoms with Gasteiger partial charge in [-0.2, -0.15) is 0 Å². The first-order chi connectivity index (χ1) is 11.0. The molecule has 2 aliphatic heterocycles. The maximum absolute atomic E-state index is 12.6. The first kappa shape index (κ1) is 10.9. The topological polar surface area (TPSA) is 45.3 Å².